The van der Waals surface area contributed by atoms with E-state index in [0.717, 1.165) is 0 Å². The zero-order chi connectivity index (χ0) is 18.5. The fourth-order valence-electron chi connectivity index (χ4n) is 3.55. The van der Waals surface area contributed by atoms with E-state index in [2.05, 4.69) is 5.16 Å². The van der Waals surface area contributed by atoms with Gasteiger partial charge in [0.25, 0.3) is 0 Å². The molecule has 0 unspecified atom stereocenters. The van der Waals surface area contributed by atoms with Crippen molar-refractivity contribution in [2.24, 2.45) is 5.16 Å². The zero-order valence-electron chi connectivity index (χ0n) is 15.3. The van der Waals surface area contributed by atoms with Crippen LogP contribution in [0.5, 0.6) is 0 Å². The smallest absolute Gasteiger partial charge is 0.190 e. The Morgan fingerprint density at radius 1 is 1.12 bits per heavy atom. The van der Waals surface area contributed by atoms with E-state index in [-0.39, 0.29) is 6.42 Å². The highest BCUT2D eigenvalue weighted by Gasteiger charge is 2.65. The molecular formula is C17H27NO7. The Balaban J connectivity index is 1.83. The SMILES string of the molecule is CC(/C=C/C[C@@]1(O)[C@@H]([C@H]2COC(C)(C)O2)O[C@@H]2OC(C)(C)O[C@@H]21)=N\O. The Hall–Kier alpha value is -1.03. The number of hydrogen-bond acceptors (Lipinski definition) is 8. The third-order valence-corrected chi connectivity index (χ3v) is 4.65. The minimum absolute atomic E-state index is 0.228. The summed E-state index contributed by atoms with van der Waals surface area (Å²) in [5.74, 6) is -1.57. The van der Waals surface area contributed by atoms with E-state index < -0.39 is 41.8 Å². The highest BCUT2D eigenvalue weighted by atomic mass is 16.8. The van der Waals surface area contributed by atoms with Crippen molar-refractivity contribution in [3.63, 3.8) is 0 Å². The fraction of sp³-hybridized carbons (Fsp3) is 0.824. The summed E-state index contributed by atoms with van der Waals surface area (Å²) >= 11 is 0. The van der Waals surface area contributed by atoms with Crippen molar-refractivity contribution in [1.29, 1.82) is 0 Å². The molecule has 25 heavy (non-hydrogen) atoms. The Labute approximate surface area is 147 Å². The average molecular weight is 357 g/mol. The van der Waals surface area contributed by atoms with Crippen molar-refractivity contribution in [1.82, 2.24) is 0 Å². The van der Waals surface area contributed by atoms with Gasteiger partial charge in [-0.25, -0.2) is 0 Å². The molecule has 8 heteroatoms. The van der Waals surface area contributed by atoms with E-state index in [0.29, 0.717) is 12.3 Å². The van der Waals surface area contributed by atoms with Gasteiger partial charge in [0.05, 0.1) is 12.3 Å². The van der Waals surface area contributed by atoms with Crippen LogP contribution in [0, 0.1) is 0 Å². The Bertz CT molecular complexity index is 573. The Morgan fingerprint density at radius 2 is 1.84 bits per heavy atom. The van der Waals surface area contributed by atoms with Crippen LogP contribution in [0.2, 0.25) is 0 Å². The molecule has 3 saturated heterocycles. The van der Waals surface area contributed by atoms with Gasteiger partial charge in [0.1, 0.15) is 23.9 Å². The number of hydrogen-bond donors (Lipinski definition) is 2. The normalized spacial score (nSPS) is 43.0. The third-order valence-electron chi connectivity index (χ3n) is 4.65. The number of oxime groups is 1. The van der Waals surface area contributed by atoms with Gasteiger partial charge in [-0.15, -0.1) is 0 Å². The van der Waals surface area contributed by atoms with Crippen molar-refractivity contribution in [3.8, 4) is 0 Å². The van der Waals surface area contributed by atoms with E-state index in [1.54, 1.807) is 32.9 Å². The second-order valence-corrected chi connectivity index (χ2v) is 7.69. The molecule has 0 radical (unpaired) electrons. The first kappa shape index (κ1) is 18.8. The van der Waals surface area contributed by atoms with Gasteiger partial charge in [-0.1, -0.05) is 11.2 Å². The van der Waals surface area contributed by atoms with Gasteiger partial charge < -0.3 is 34.0 Å². The van der Waals surface area contributed by atoms with Crippen LogP contribution in [0.3, 0.4) is 0 Å². The number of rotatable bonds is 4. The van der Waals surface area contributed by atoms with Crippen molar-refractivity contribution in [3.05, 3.63) is 12.2 Å². The molecule has 3 rings (SSSR count). The van der Waals surface area contributed by atoms with E-state index in [1.807, 2.05) is 13.8 Å². The van der Waals surface area contributed by atoms with E-state index in [1.165, 1.54) is 0 Å². The molecule has 0 bridgehead atoms. The molecule has 0 aromatic heterocycles. The largest absolute Gasteiger partial charge is 0.411 e. The molecule has 2 N–H and O–H groups in total. The summed E-state index contributed by atoms with van der Waals surface area (Å²) in [7, 11) is 0. The van der Waals surface area contributed by atoms with Crippen molar-refractivity contribution < 1.29 is 34.0 Å². The molecule has 5 atom stereocenters. The zero-order valence-corrected chi connectivity index (χ0v) is 15.3. The summed E-state index contributed by atoms with van der Waals surface area (Å²) in [6.45, 7) is 9.16. The van der Waals surface area contributed by atoms with Crippen molar-refractivity contribution in [2.45, 2.75) is 82.8 Å². The lowest BCUT2D eigenvalue weighted by molar-refractivity contribution is -0.247. The summed E-state index contributed by atoms with van der Waals surface area (Å²) in [6, 6.07) is 0. The van der Waals surface area contributed by atoms with Gasteiger partial charge in [0.15, 0.2) is 17.9 Å². The van der Waals surface area contributed by atoms with E-state index in [4.69, 9.17) is 28.9 Å². The first-order valence-electron chi connectivity index (χ1n) is 8.47. The quantitative estimate of drug-likeness (QED) is 0.447. The maximum absolute atomic E-state index is 11.5. The second-order valence-electron chi connectivity index (χ2n) is 7.69. The number of ether oxygens (including phenoxy) is 5. The first-order valence-corrected chi connectivity index (χ1v) is 8.47. The monoisotopic (exact) mass is 357 g/mol. The van der Waals surface area contributed by atoms with Gasteiger partial charge in [0, 0.05) is 0 Å². The van der Waals surface area contributed by atoms with E-state index >= 15 is 0 Å². The predicted molar refractivity (Wildman–Crippen MR) is 87.2 cm³/mol. The van der Waals surface area contributed by atoms with Gasteiger partial charge in [0.2, 0.25) is 0 Å². The van der Waals surface area contributed by atoms with Crippen LogP contribution >= 0.6 is 0 Å². The summed E-state index contributed by atoms with van der Waals surface area (Å²) in [5, 5.41) is 23.3. The Morgan fingerprint density at radius 3 is 2.44 bits per heavy atom. The van der Waals surface area contributed by atoms with Crippen molar-refractivity contribution >= 4 is 5.71 Å². The number of nitrogens with zero attached hydrogens (tertiary/aromatic N) is 1. The summed E-state index contributed by atoms with van der Waals surface area (Å²) in [4.78, 5) is 0. The summed E-state index contributed by atoms with van der Waals surface area (Å²) in [5.41, 5.74) is -0.930. The molecular weight excluding hydrogens is 330 g/mol. The minimum Gasteiger partial charge on any atom is -0.411 e. The molecule has 3 heterocycles. The predicted octanol–water partition coefficient (Wildman–Crippen LogP) is 1.54. The van der Waals surface area contributed by atoms with E-state index in [9.17, 15) is 5.11 Å². The van der Waals surface area contributed by atoms with Gasteiger partial charge in [-0.2, -0.15) is 0 Å². The highest BCUT2D eigenvalue weighted by molar-refractivity contribution is 5.92. The molecule has 0 aromatic rings. The highest BCUT2D eigenvalue weighted by Crippen LogP contribution is 2.47. The molecule has 0 spiro atoms. The van der Waals surface area contributed by atoms with Crippen LogP contribution in [0.25, 0.3) is 0 Å². The summed E-state index contributed by atoms with van der Waals surface area (Å²) < 4.78 is 29.2. The topological polar surface area (TPSA) is 99.0 Å². The minimum atomic E-state index is -1.36. The molecule has 0 saturated carbocycles. The van der Waals surface area contributed by atoms with Crippen LogP contribution in [0.1, 0.15) is 41.0 Å². The number of fused-ring (bicyclic) bond motifs is 1. The molecule has 0 aliphatic carbocycles. The third kappa shape index (κ3) is 3.60. The fourth-order valence-corrected chi connectivity index (χ4v) is 3.55. The molecule has 3 aliphatic rings. The average Bonchev–Trinajstić information content (AvgIpc) is 3.10. The lowest BCUT2D eigenvalue weighted by Gasteiger charge is -2.35. The number of allylic oxidation sites excluding steroid dienone is 1. The van der Waals surface area contributed by atoms with Crippen LogP contribution in [0.15, 0.2) is 17.3 Å². The molecule has 0 amide bonds. The van der Waals surface area contributed by atoms with Crippen LogP contribution in [-0.4, -0.2) is 64.4 Å². The van der Waals surface area contributed by atoms with Crippen LogP contribution in [0.4, 0.5) is 0 Å². The maximum atomic E-state index is 11.5. The van der Waals surface area contributed by atoms with Gasteiger partial charge in [-0.3, -0.25) is 0 Å². The molecule has 8 nitrogen and oxygen atoms in total. The van der Waals surface area contributed by atoms with Crippen molar-refractivity contribution in [2.75, 3.05) is 6.61 Å². The maximum Gasteiger partial charge on any atom is 0.190 e. The lowest BCUT2D eigenvalue weighted by atomic mass is 9.86. The van der Waals surface area contributed by atoms with Gasteiger partial charge >= 0.3 is 0 Å². The molecule has 0 aromatic carbocycles. The first-order chi connectivity index (χ1) is 11.6. The molecule has 3 fully saturated rings. The summed E-state index contributed by atoms with van der Waals surface area (Å²) in [6.07, 6.45) is 1.13. The van der Waals surface area contributed by atoms with Crippen LogP contribution < -0.4 is 0 Å². The van der Waals surface area contributed by atoms with Crippen LogP contribution in [-0.2, 0) is 23.7 Å². The standard InChI is InChI=1S/C17H27NO7/c1-10(18-20)7-6-8-17(19)12(11-9-21-15(2,3)23-11)22-14-13(17)24-16(4,5)25-14/h6-7,11-14,19-20H,8-9H2,1-5H3/b7-6+,18-10+/t11-,12-,13+,14-,17-/m1/s1. The second kappa shape index (κ2) is 6.29. The molecule has 142 valence electrons. The molecule has 3 aliphatic heterocycles. The Kier molecular flexibility index (Phi) is 4.72. The van der Waals surface area contributed by atoms with Gasteiger partial charge in [-0.05, 0) is 47.1 Å². The lowest BCUT2D eigenvalue weighted by Crippen LogP contribution is -2.53. The number of aliphatic hydroxyl groups is 1.